The van der Waals surface area contributed by atoms with E-state index in [0.717, 1.165) is 32.1 Å². The molecule has 0 spiro atoms. The van der Waals surface area contributed by atoms with Crippen LogP contribution in [0.1, 0.15) is 17.9 Å². The van der Waals surface area contributed by atoms with Crippen molar-refractivity contribution in [1.82, 2.24) is 0 Å². The van der Waals surface area contributed by atoms with Crippen molar-refractivity contribution >= 4 is 34.5 Å². The Morgan fingerprint density at radius 3 is 2.00 bits per heavy atom. The summed E-state index contributed by atoms with van der Waals surface area (Å²) < 4.78 is 23.8. The summed E-state index contributed by atoms with van der Waals surface area (Å²) in [6.45, 7) is 0. The number of aliphatic carboxylic acids is 1. The van der Waals surface area contributed by atoms with Crippen molar-refractivity contribution < 1.29 is 18.7 Å². The molecule has 0 radical (unpaired) electrons. The second-order valence-electron chi connectivity index (χ2n) is 8.56. The van der Waals surface area contributed by atoms with Crippen molar-refractivity contribution in [1.29, 1.82) is 0 Å². The second-order valence-corrected chi connectivity index (χ2v) is 9.82. The standard InChI is InChI=1S/C28H22ClNO4S/c29-24-13-9-20(10-14-24)21-11-15-25(16-12-21)30(35(33)34)28(27(31)32)18-26(28)23-8-4-7-22(17-23)19-5-2-1-3-6-19/h1-17,26H,18H2,(H,31,32)(H,33,34). The third-order valence-electron chi connectivity index (χ3n) is 6.50. The van der Waals surface area contributed by atoms with Crippen LogP contribution in [0.5, 0.6) is 0 Å². The van der Waals surface area contributed by atoms with Crippen molar-refractivity contribution in [2.75, 3.05) is 4.31 Å². The molecule has 0 aromatic heterocycles. The Bertz CT molecular complexity index is 1390. The van der Waals surface area contributed by atoms with Crippen LogP contribution in [0, 0.1) is 0 Å². The molecule has 0 aliphatic heterocycles. The molecule has 2 N–H and O–H groups in total. The average Bonchev–Trinajstić information content (AvgIpc) is 3.62. The molecule has 0 amide bonds. The molecule has 1 aliphatic carbocycles. The number of rotatable bonds is 7. The van der Waals surface area contributed by atoms with Gasteiger partial charge in [0.2, 0.25) is 0 Å². The Morgan fingerprint density at radius 1 is 0.829 bits per heavy atom. The molecule has 176 valence electrons. The lowest BCUT2D eigenvalue weighted by Crippen LogP contribution is -2.46. The lowest BCUT2D eigenvalue weighted by Gasteiger charge is -2.28. The van der Waals surface area contributed by atoms with Gasteiger partial charge in [-0.2, -0.15) is 0 Å². The largest absolute Gasteiger partial charge is 0.479 e. The molecule has 1 aliphatic rings. The van der Waals surface area contributed by atoms with Crippen molar-refractivity contribution in [2.45, 2.75) is 17.9 Å². The summed E-state index contributed by atoms with van der Waals surface area (Å²) in [4.78, 5) is 12.6. The molecule has 3 unspecified atom stereocenters. The van der Waals surface area contributed by atoms with Gasteiger partial charge < -0.3 is 5.11 Å². The smallest absolute Gasteiger partial charge is 0.331 e. The van der Waals surface area contributed by atoms with Crippen LogP contribution >= 0.6 is 11.6 Å². The van der Waals surface area contributed by atoms with Gasteiger partial charge in [-0.15, -0.1) is 0 Å². The molecular formula is C28H22ClNO4S. The third-order valence-corrected chi connectivity index (χ3v) is 7.60. The SMILES string of the molecule is O=C(O)C1(N(c2ccc(-c3ccc(Cl)cc3)cc2)S(=O)O)CC1c1cccc(-c2ccccc2)c1. The first-order chi connectivity index (χ1) is 16.9. The number of benzene rings is 4. The maximum Gasteiger partial charge on any atom is 0.331 e. The van der Waals surface area contributed by atoms with Gasteiger partial charge in [-0.1, -0.05) is 90.5 Å². The summed E-state index contributed by atoms with van der Waals surface area (Å²) in [6, 6.07) is 31.9. The molecule has 5 nitrogen and oxygen atoms in total. The molecule has 0 saturated heterocycles. The van der Waals surface area contributed by atoms with Crippen molar-refractivity contribution in [3.8, 4) is 22.3 Å². The Labute approximate surface area is 211 Å². The number of carboxylic acid groups (broad SMARTS) is 1. The normalized spacial score (nSPS) is 19.7. The van der Waals surface area contributed by atoms with E-state index in [4.69, 9.17) is 11.6 Å². The fraction of sp³-hybridized carbons (Fsp3) is 0.107. The highest BCUT2D eigenvalue weighted by molar-refractivity contribution is 7.80. The monoisotopic (exact) mass is 503 g/mol. The zero-order valence-electron chi connectivity index (χ0n) is 18.5. The zero-order valence-corrected chi connectivity index (χ0v) is 20.1. The maximum absolute atomic E-state index is 12.6. The Kier molecular flexibility index (Phi) is 6.19. The molecule has 1 fully saturated rings. The summed E-state index contributed by atoms with van der Waals surface area (Å²) >= 11 is 3.44. The highest BCUT2D eigenvalue weighted by atomic mass is 35.5. The van der Waals surface area contributed by atoms with Gasteiger partial charge in [-0.25, -0.2) is 9.00 Å². The molecular weight excluding hydrogens is 482 g/mol. The molecule has 0 bridgehead atoms. The van der Waals surface area contributed by atoms with Crippen LogP contribution < -0.4 is 4.31 Å². The molecule has 4 aromatic carbocycles. The van der Waals surface area contributed by atoms with Gasteiger partial charge >= 0.3 is 5.97 Å². The second kappa shape index (κ2) is 9.30. The average molecular weight is 504 g/mol. The van der Waals surface area contributed by atoms with Crippen LogP contribution in [0.3, 0.4) is 0 Å². The molecule has 3 atom stereocenters. The number of halogens is 1. The predicted molar refractivity (Wildman–Crippen MR) is 140 cm³/mol. The molecule has 35 heavy (non-hydrogen) atoms. The first kappa shape index (κ1) is 23.3. The maximum atomic E-state index is 12.6. The van der Waals surface area contributed by atoms with E-state index >= 15 is 0 Å². The van der Waals surface area contributed by atoms with E-state index in [9.17, 15) is 18.7 Å². The lowest BCUT2D eigenvalue weighted by atomic mass is 9.99. The third kappa shape index (κ3) is 4.36. The minimum absolute atomic E-state index is 0.228. The van der Waals surface area contributed by atoms with E-state index < -0.39 is 28.7 Å². The highest BCUT2D eigenvalue weighted by Crippen LogP contribution is 2.57. The van der Waals surface area contributed by atoms with Crippen LogP contribution in [0.4, 0.5) is 5.69 Å². The predicted octanol–water partition coefficient (Wildman–Crippen LogP) is 6.63. The van der Waals surface area contributed by atoms with Crippen LogP contribution in [0.2, 0.25) is 5.02 Å². The van der Waals surface area contributed by atoms with Crippen molar-refractivity contribution in [2.24, 2.45) is 0 Å². The number of hydrogen-bond acceptors (Lipinski definition) is 2. The molecule has 0 heterocycles. The van der Waals surface area contributed by atoms with Crippen molar-refractivity contribution in [3.63, 3.8) is 0 Å². The molecule has 7 heteroatoms. The van der Waals surface area contributed by atoms with Crippen molar-refractivity contribution in [3.05, 3.63) is 114 Å². The quantitative estimate of drug-likeness (QED) is 0.277. The minimum atomic E-state index is -2.54. The van der Waals surface area contributed by atoms with Gasteiger partial charge in [0.25, 0.3) is 11.3 Å². The lowest BCUT2D eigenvalue weighted by molar-refractivity contribution is -0.139. The Hall–Kier alpha value is -3.45. The van der Waals surface area contributed by atoms with Gasteiger partial charge in [0, 0.05) is 10.9 Å². The van der Waals surface area contributed by atoms with Crippen LogP contribution in [-0.4, -0.2) is 25.4 Å². The van der Waals surface area contributed by atoms with E-state index in [1.807, 2.05) is 66.7 Å². The Morgan fingerprint density at radius 2 is 1.40 bits per heavy atom. The summed E-state index contributed by atoms with van der Waals surface area (Å²) in [5.74, 6) is -1.56. The van der Waals surface area contributed by atoms with Crippen LogP contribution in [-0.2, 0) is 16.1 Å². The zero-order chi connectivity index (χ0) is 24.6. The van der Waals surface area contributed by atoms with Gasteiger partial charge in [-0.3, -0.25) is 8.86 Å². The number of anilines is 1. The Balaban J connectivity index is 1.49. The van der Waals surface area contributed by atoms with E-state index in [-0.39, 0.29) is 6.42 Å². The fourth-order valence-electron chi connectivity index (χ4n) is 4.65. The van der Waals surface area contributed by atoms with E-state index in [1.54, 1.807) is 36.4 Å². The number of nitrogens with zero attached hydrogens (tertiary/aromatic N) is 1. The van der Waals surface area contributed by atoms with Crippen LogP contribution in [0.15, 0.2) is 103 Å². The van der Waals surface area contributed by atoms with E-state index in [1.165, 1.54) is 0 Å². The topological polar surface area (TPSA) is 77.8 Å². The molecule has 1 saturated carbocycles. The van der Waals surface area contributed by atoms with Gasteiger partial charge in [-0.05, 0) is 58.5 Å². The summed E-state index contributed by atoms with van der Waals surface area (Å²) in [6.07, 6.45) is 0.228. The van der Waals surface area contributed by atoms with Gasteiger partial charge in [0.15, 0.2) is 5.54 Å². The fourth-order valence-corrected chi connectivity index (χ4v) is 5.64. The first-order valence-corrected chi connectivity index (χ1v) is 12.5. The summed E-state index contributed by atoms with van der Waals surface area (Å²) in [5.41, 5.74) is 3.50. The van der Waals surface area contributed by atoms with Gasteiger partial charge in [0.05, 0.1) is 5.69 Å². The minimum Gasteiger partial charge on any atom is -0.479 e. The van der Waals surface area contributed by atoms with Crippen LogP contribution in [0.25, 0.3) is 22.3 Å². The number of hydrogen-bond donors (Lipinski definition) is 2. The van der Waals surface area contributed by atoms with E-state index in [2.05, 4.69) is 0 Å². The first-order valence-electron chi connectivity index (χ1n) is 11.1. The molecule has 4 aromatic rings. The molecule has 5 rings (SSSR count). The number of carboxylic acids is 1. The van der Waals surface area contributed by atoms with Gasteiger partial charge in [0.1, 0.15) is 0 Å². The highest BCUT2D eigenvalue weighted by Gasteiger charge is 2.67. The summed E-state index contributed by atoms with van der Waals surface area (Å²) in [5, 5.41) is 10.9. The number of carbonyl (C=O) groups is 1. The van der Waals surface area contributed by atoms with E-state index in [0.29, 0.717) is 10.7 Å². The summed E-state index contributed by atoms with van der Waals surface area (Å²) in [7, 11) is 0.